The maximum Gasteiger partial charge on any atom is 0.416 e. The smallest absolute Gasteiger partial charge is 0.416 e. The zero-order chi connectivity index (χ0) is 16.0. The SMILES string of the molecule is C#CCN(CC(=O)O)C(=O)Cc1cccc(C(F)(F)F)c1. The molecule has 0 aliphatic heterocycles. The van der Waals surface area contributed by atoms with Crippen molar-refractivity contribution in [3.05, 3.63) is 35.4 Å². The fourth-order valence-electron chi connectivity index (χ4n) is 1.65. The van der Waals surface area contributed by atoms with Crippen molar-refractivity contribution in [2.75, 3.05) is 13.1 Å². The first-order valence-corrected chi connectivity index (χ1v) is 5.83. The van der Waals surface area contributed by atoms with E-state index in [1.165, 1.54) is 12.1 Å². The Bertz CT molecular complexity index is 576. The van der Waals surface area contributed by atoms with E-state index < -0.39 is 30.2 Å². The Morgan fingerprint density at radius 2 is 2.00 bits per heavy atom. The average Bonchev–Trinajstić information content (AvgIpc) is 2.37. The number of rotatable bonds is 5. The van der Waals surface area contributed by atoms with Gasteiger partial charge in [0.2, 0.25) is 5.91 Å². The molecular weight excluding hydrogens is 287 g/mol. The van der Waals surface area contributed by atoms with Crippen molar-refractivity contribution in [3.8, 4) is 12.3 Å². The number of nitrogens with zero attached hydrogens (tertiary/aromatic N) is 1. The molecule has 112 valence electrons. The number of amides is 1. The number of benzene rings is 1. The first kappa shape index (κ1) is 16.6. The molecule has 0 radical (unpaired) electrons. The molecule has 1 rings (SSSR count). The van der Waals surface area contributed by atoms with Gasteiger partial charge in [0.05, 0.1) is 18.5 Å². The molecule has 1 aromatic carbocycles. The van der Waals surface area contributed by atoms with Gasteiger partial charge >= 0.3 is 12.1 Å². The van der Waals surface area contributed by atoms with Gasteiger partial charge < -0.3 is 10.0 Å². The van der Waals surface area contributed by atoms with Crippen LogP contribution in [0.25, 0.3) is 0 Å². The first-order valence-electron chi connectivity index (χ1n) is 5.83. The second-order valence-electron chi connectivity index (χ2n) is 4.22. The van der Waals surface area contributed by atoms with Crippen LogP contribution in [0.3, 0.4) is 0 Å². The van der Waals surface area contributed by atoms with E-state index >= 15 is 0 Å². The molecule has 0 unspecified atom stereocenters. The van der Waals surface area contributed by atoms with Crippen molar-refractivity contribution >= 4 is 11.9 Å². The minimum absolute atomic E-state index is 0.141. The maximum absolute atomic E-state index is 12.6. The van der Waals surface area contributed by atoms with Gasteiger partial charge in [-0.15, -0.1) is 6.42 Å². The molecule has 0 aliphatic carbocycles. The molecule has 0 aromatic heterocycles. The summed E-state index contributed by atoms with van der Waals surface area (Å²) >= 11 is 0. The van der Waals surface area contributed by atoms with Gasteiger partial charge in [-0.2, -0.15) is 13.2 Å². The number of terminal acetylenes is 1. The first-order chi connectivity index (χ1) is 9.74. The third kappa shape index (κ3) is 5.18. The summed E-state index contributed by atoms with van der Waals surface area (Å²) in [5.41, 5.74) is -0.725. The molecule has 1 aromatic rings. The summed E-state index contributed by atoms with van der Waals surface area (Å²) in [5, 5.41) is 8.67. The summed E-state index contributed by atoms with van der Waals surface area (Å²) in [7, 11) is 0. The van der Waals surface area contributed by atoms with Crippen LogP contribution in [0.5, 0.6) is 0 Å². The van der Waals surface area contributed by atoms with Crippen LogP contribution in [0.1, 0.15) is 11.1 Å². The summed E-state index contributed by atoms with van der Waals surface area (Å²) in [6.45, 7) is -0.813. The highest BCUT2D eigenvalue weighted by molar-refractivity contribution is 5.83. The molecule has 0 atom stereocenters. The van der Waals surface area contributed by atoms with Crippen LogP contribution >= 0.6 is 0 Å². The summed E-state index contributed by atoms with van der Waals surface area (Å²) in [6.07, 6.45) is 0.182. The lowest BCUT2D eigenvalue weighted by molar-refractivity contribution is -0.143. The van der Waals surface area contributed by atoms with E-state index in [2.05, 4.69) is 5.92 Å². The highest BCUT2D eigenvalue weighted by Gasteiger charge is 2.30. The largest absolute Gasteiger partial charge is 0.480 e. The van der Waals surface area contributed by atoms with Gasteiger partial charge in [-0.1, -0.05) is 24.1 Å². The Morgan fingerprint density at radius 3 is 2.52 bits per heavy atom. The molecule has 1 amide bonds. The van der Waals surface area contributed by atoms with Crippen LogP contribution < -0.4 is 0 Å². The minimum Gasteiger partial charge on any atom is -0.480 e. The highest BCUT2D eigenvalue weighted by Crippen LogP contribution is 2.29. The summed E-state index contributed by atoms with van der Waals surface area (Å²) in [5.74, 6) is 0.246. The topological polar surface area (TPSA) is 57.6 Å². The third-order valence-electron chi connectivity index (χ3n) is 2.57. The van der Waals surface area contributed by atoms with E-state index in [0.29, 0.717) is 0 Å². The number of hydrogen-bond acceptors (Lipinski definition) is 2. The van der Waals surface area contributed by atoms with Crippen molar-refractivity contribution in [3.63, 3.8) is 0 Å². The van der Waals surface area contributed by atoms with Gasteiger partial charge in [-0.25, -0.2) is 0 Å². The number of carbonyl (C=O) groups excluding carboxylic acids is 1. The Kier molecular flexibility index (Phi) is 5.36. The summed E-state index contributed by atoms with van der Waals surface area (Å²) in [6, 6.07) is 4.30. The average molecular weight is 299 g/mol. The van der Waals surface area contributed by atoms with Crippen molar-refractivity contribution in [1.29, 1.82) is 0 Å². The molecule has 0 saturated heterocycles. The second-order valence-corrected chi connectivity index (χ2v) is 4.22. The monoisotopic (exact) mass is 299 g/mol. The predicted octanol–water partition coefficient (Wildman–Crippen LogP) is 1.79. The van der Waals surface area contributed by atoms with Crippen LogP contribution in [-0.2, 0) is 22.2 Å². The Labute approximate surface area is 119 Å². The number of aliphatic carboxylic acids is 1. The lowest BCUT2D eigenvalue weighted by Gasteiger charge is -2.18. The summed E-state index contributed by atoms with van der Waals surface area (Å²) in [4.78, 5) is 23.4. The number of alkyl halides is 3. The van der Waals surface area contributed by atoms with Crippen LogP contribution in [0.15, 0.2) is 24.3 Å². The van der Waals surface area contributed by atoms with Gasteiger partial charge in [-0.05, 0) is 11.6 Å². The van der Waals surface area contributed by atoms with Gasteiger partial charge in [-0.3, -0.25) is 9.59 Å². The van der Waals surface area contributed by atoms with Crippen molar-refractivity contribution in [2.24, 2.45) is 0 Å². The van der Waals surface area contributed by atoms with E-state index in [1.807, 2.05) is 0 Å². The van der Waals surface area contributed by atoms with Crippen molar-refractivity contribution in [1.82, 2.24) is 4.90 Å². The molecule has 1 N–H and O–H groups in total. The third-order valence-corrected chi connectivity index (χ3v) is 2.57. The van der Waals surface area contributed by atoms with Crippen molar-refractivity contribution < 1.29 is 27.9 Å². The van der Waals surface area contributed by atoms with E-state index in [9.17, 15) is 22.8 Å². The van der Waals surface area contributed by atoms with Crippen LogP contribution in [0.2, 0.25) is 0 Å². The van der Waals surface area contributed by atoms with E-state index in [4.69, 9.17) is 11.5 Å². The van der Waals surface area contributed by atoms with E-state index in [1.54, 1.807) is 0 Å². The highest BCUT2D eigenvalue weighted by atomic mass is 19.4. The van der Waals surface area contributed by atoms with Crippen LogP contribution in [0.4, 0.5) is 13.2 Å². The predicted molar refractivity (Wildman–Crippen MR) is 68.2 cm³/mol. The Balaban J connectivity index is 2.86. The number of halogens is 3. The molecule has 0 aliphatic rings. The summed E-state index contributed by atoms with van der Waals surface area (Å²) < 4.78 is 37.7. The quantitative estimate of drug-likeness (QED) is 0.843. The van der Waals surface area contributed by atoms with Crippen LogP contribution in [0, 0.1) is 12.3 Å². The fraction of sp³-hybridized carbons (Fsp3) is 0.286. The standard InChI is InChI=1S/C14H12F3NO3/c1-2-6-18(9-13(20)21)12(19)8-10-4-3-5-11(7-10)14(15,16)17/h1,3-5,7H,6,8-9H2,(H,20,21). The van der Waals surface area contributed by atoms with Gasteiger partial charge in [0, 0.05) is 0 Å². The molecular formula is C14H12F3NO3. The molecule has 0 fully saturated rings. The molecule has 0 heterocycles. The Hall–Kier alpha value is -2.49. The number of carboxylic acid groups (broad SMARTS) is 1. The number of hydrogen-bond donors (Lipinski definition) is 1. The van der Waals surface area contributed by atoms with Gasteiger partial charge in [0.1, 0.15) is 6.54 Å². The van der Waals surface area contributed by atoms with E-state index in [-0.39, 0.29) is 18.5 Å². The van der Waals surface area contributed by atoms with Crippen LogP contribution in [-0.4, -0.2) is 35.0 Å². The number of carboxylic acids is 1. The zero-order valence-corrected chi connectivity index (χ0v) is 10.9. The lowest BCUT2D eigenvalue weighted by Crippen LogP contribution is -2.37. The second kappa shape index (κ2) is 6.79. The zero-order valence-electron chi connectivity index (χ0n) is 10.9. The molecule has 0 bridgehead atoms. The molecule has 7 heteroatoms. The molecule has 21 heavy (non-hydrogen) atoms. The Morgan fingerprint density at radius 1 is 1.33 bits per heavy atom. The lowest BCUT2D eigenvalue weighted by atomic mass is 10.1. The van der Waals surface area contributed by atoms with Gasteiger partial charge in [0.25, 0.3) is 0 Å². The minimum atomic E-state index is -4.50. The molecule has 0 saturated carbocycles. The number of carbonyl (C=O) groups is 2. The fourth-order valence-corrected chi connectivity index (χ4v) is 1.65. The van der Waals surface area contributed by atoms with E-state index in [0.717, 1.165) is 17.0 Å². The van der Waals surface area contributed by atoms with Gasteiger partial charge in [0.15, 0.2) is 0 Å². The maximum atomic E-state index is 12.6. The normalized spacial score (nSPS) is 10.8. The van der Waals surface area contributed by atoms with Crippen molar-refractivity contribution in [2.45, 2.75) is 12.6 Å². The molecule has 4 nitrogen and oxygen atoms in total. The molecule has 0 spiro atoms.